The summed E-state index contributed by atoms with van der Waals surface area (Å²) in [4.78, 5) is 42.0. The van der Waals surface area contributed by atoms with E-state index in [0.717, 1.165) is 12.1 Å². The van der Waals surface area contributed by atoms with E-state index in [9.17, 15) is 14.4 Å². The maximum absolute atomic E-state index is 12.6. The molecule has 0 saturated carbocycles. The van der Waals surface area contributed by atoms with Crippen LogP contribution in [0.15, 0.2) is 29.1 Å². The SMILES string of the molecule is CCC(C)(C)OC(=O)N1CCC(c2cc(=O)[nH]c3c4c(NC(=O)OC(C)C)cccc4nn23)CC1. The molecule has 2 amide bonds. The van der Waals surface area contributed by atoms with Crippen molar-refractivity contribution in [3.63, 3.8) is 0 Å². The lowest BCUT2D eigenvalue weighted by atomic mass is 9.93. The minimum absolute atomic E-state index is 0.0414. The fourth-order valence-electron chi connectivity index (χ4n) is 4.27. The number of ether oxygens (including phenoxy) is 2. The highest BCUT2D eigenvalue weighted by Crippen LogP contribution is 2.32. The van der Waals surface area contributed by atoms with Gasteiger partial charge in [0, 0.05) is 25.1 Å². The zero-order chi connectivity index (χ0) is 25.3. The molecule has 10 heteroatoms. The zero-order valence-electron chi connectivity index (χ0n) is 20.9. The molecule has 1 saturated heterocycles. The number of nitrogens with zero attached hydrogens (tertiary/aromatic N) is 3. The summed E-state index contributed by atoms with van der Waals surface area (Å²) in [6.45, 7) is 10.4. The van der Waals surface area contributed by atoms with Crippen LogP contribution in [-0.4, -0.2) is 56.5 Å². The highest BCUT2D eigenvalue weighted by atomic mass is 16.6. The van der Waals surface area contributed by atoms with Crippen LogP contribution in [0.1, 0.15) is 65.5 Å². The number of likely N-dealkylation sites (tertiary alicyclic amines) is 1. The molecule has 0 atom stereocenters. The summed E-state index contributed by atoms with van der Waals surface area (Å²) in [6.07, 6.45) is 0.959. The van der Waals surface area contributed by atoms with Gasteiger partial charge in [0.05, 0.1) is 28.4 Å². The van der Waals surface area contributed by atoms with Gasteiger partial charge in [-0.2, -0.15) is 5.10 Å². The minimum atomic E-state index is -0.573. The van der Waals surface area contributed by atoms with Gasteiger partial charge < -0.3 is 19.4 Å². The minimum Gasteiger partial charge on any atom is -0.447 e. The van der Waals surface area contributed by atoms with Gasteiger partial charge in [-0.3, -0.25) is 10.1 Å². The largest absolute Gasteiger partial charge is 0.447 e. The Bertz CT molecular complexity index is 1300. The highest BCUT2D eigenvalue weighted by Gasteiger charge is 2.30. The van der Waals surface area contributed by atoms with Crippen LogP contribution in [0.3, 0.4) is 0 Å². The molecule has 2 aromatic heterocycles. The highest BCUT2D eigenvalue weighted by molar-refractivity contribution is 6.06. The second-order valence-corrected chi connectivity index (χ2v) is 9.84. The van der Waals surface area contributed by atoms with E-state index >= 15 is 0 Å². The molecule has 3 heterocycles. The summed E-state index contributed by atoms with van der Waals surface area (Å²) >= 11 is 0. The maximum Gasteiger partial charge on any atom is 0.411 e. The van der Waals surface area contributed by atoms with E-state index in [1.807, 2.05) is 26.8 Å². The number of anilines is 1. The Morgan fingerprint density at radius 3 is 2.63 bits per heavy atom. The Labute approximate surface area is 203 Å². The van der Waals surface area contributed by atoms with Crippen LogP contribution in [0.25, 0.3) is 16.6 Å². The number of fused-ring (bicyclic) bond motifs is 3. The monoisotopic (exact) mass is 483 g/mol. The fraction of sp³-hybridized carbons (Fsp3) is 0.520. The summed E-state index contributed by atoms with van der Waals surface area (Å²) in [5, 5.41) is 8.12. The Morgan fingerprint density at radius 2 is 1.97 bits per heavy atom. The molecule has 35 heavy (non-hydrogen) atoms. The molecule has 0 spiro atoms. The summed E-state index contributed by atoms with van der Waals surface area (Å²) in [6, 6.07) is 6.94. The number of aromatic nitrogens is 3. The van der Waals surface area contributed by atoms with Crippen LogP contribution < -0.4 is 10.9 Å². The third-order valence-electron chi connectivity index (χ3n) is 6.43. The predicted molar refractivity (Wildman–Crippen MR) is 133 cm³/mol. The molecule has 1 aliphatic heterocycles. The lowest BCUT2D eigenvalue weighted by Crippen LogP contribution is -2.42. The first-order valence-corrected chi connectivity index (χ1v) is 12.1. The number of nitrogens with one attached hydrogen (secondary N) is 2. The van der Waals surface area contributed by atoms with Crippen molar-refractivity contribution in [2.24, 2.45) is 0 Å². The molecule has 0 bridgehead atoms. The molecule has 10 nitrogen and oxygen atoms in total. The van der Waals surface area contributed by atoms with E-state index in [1.54, 1.807) is 41.5 Å². The summed E-state index contributed by atoms with van der Waals surface area (Å²) < 4.78 is 12.6. The van der Waals surface area contributed by atoms with Gasteiger partial charge in [0.25, 0.3) is 5.56 Å². The van der Waals surface area contributed by atoms with Gasteiger partial charge in [0.2, 0.25) is 0 Å². The van der Waals surface area contributed by atoms with E-state index in [2.05, 4.69) is 10.3 Å². The Kier molecular flexibility index (Phi) is 6.73. The molecule has 0 unspecified atom stereocenters. The normalized spacial score (nSPS) is 15.1. The molecule has 188 valence electrons. The van der Waals surface area contributed by atoms with Crippen LogP contribution >= 0.6 is 0 Å². The molecule has 0 radical (unpaired) electrons. The molecule has 1 fully saturated rings. The molecular formula is C25H33N5O5. The number of benzene rings is 1. The van der Waals surface area contributed by atoms with Crippen molar-refractivity contribution in [3.8, 4) is 0 Å². The van der Waals surface area contributed by atoms with E-state index in [1.165, 1.54) is 0 Å². The maximum atomic E-state index is 12.6. The second kappa shape index (κ2) is 9.59. The number of H-pyrrole nitrogens is 1. The van der Waals surface area contributed by atoms with Gasteiger partial charge in [-0.15, -0.1) is 0 Å². The summed E-state index contributed by atoms with van der Waals surface area (Å²) in [5.41, 5.74) is 1.67. The number of aromatic amines is 1. The first-order chi connectivity index (χ1) is 16.6. The number of hydrogen-bond donors (Lipinski definition) is 2. The molecule has 0 aliphatic carbocycles. The average Bonchev–Trinajstić information content (AvgIpc) is 3.17. The molecular weight excluding hydrogens is 450 g/mol. The van der Waals surface area contributed by atoms with Crippen LogP contribution in [0.4, 0.5) is 15.3 Å². The third kappa shape index (κ3) is 5.26. The molecule has 4 rings (SSSR count). The van der Waals surface area contributed by atoms with Crippen LogP contribution in [0.2, 0.25) is 0 Å². The first kappa shape index (κ1) is 24.6. The Hall–Kier alpha value is -3.56. The van der Waals surface area contributed by atoms with Crippen molar-refractivity contribution in [1.29, 1.82) is 0 Å². The molecule has 2 N–H and O–H groups in total. The Balaban J connectivity index is 1.62. The van der Waals surface area contributed by atoms with Crippen molar-refractivity contribution in [2.75, 3.05) is 18.4 Å². The molecule has 1 aromatic carbocycles. The number of rotatable bonds is 5. The molecule has 3 aromatic rings. The van der Waals surface area contributed by atoms with Crippen molar-refractivity contribution < 1.29 is 19.1 Å². The van der Waals surface area contributed by atoms with Crippen molar-refractivity contribution in [3.05, 3.63) is 40.3 Å². The number of amides is 2. The lowest BCUT2D eigenvalue weighted by Gasteiger charge is -2.34. The van der Waals surface area contributed by atoms with Gasteiger partial charge in [-0.25, -0.2) is 14.1 Å². The third-order valence-corrected chi connectivity index (χ3v) is 6.43. The van der Waals surface area contributed by atoms with Gasteiger partial charge in [-0.05, 0) is 59.1 Å². The lowest BCUT2D eigenvalue weighted by molar-refractivity contribution is 0.00739. The Morgan fingerprint density at radius 1 is 1.26 bits per heavy atom. The van der Waals surface area contributed by atoms with E-state index in [0.29, 0.717) is 48.2 Å². The predicted octanol–water partition coefficient (Wildman–Crippen LogP) is 4.64. The van der Waals surface area contributed by atoms with Gasteiger partial charge in [0.15, 0.2) is 0 Å². The summed E-state index contributed by atoms with van der Waals surface area (Å²) in [5.74, 6) is 0.0414. The number of carbonyl (C=O) groups is 2. The first-order valence-electron chi connectivity index (χ1n) is 12.1. The quantitative estimate of drug-likeness (QED) is 0.546. The smallest absolute Gasteiger partial charge is 0.411 e. The van der Waals surface area contributed by atoms with Crippen LogP contribution in [-0.2, 0) is 9.47 Å². The van der Waals surface area contributed by atoms with Gasteiger partial charge in [0.1, 0.15) is 11.2 Å². The fourth-order valence-corrected chi connectivity index (χ4v) is 4.27. The topological polar surface area (TPSA) is 118 Å². The van der Waals surface area contributed by atoms with E-state index in [4.69, 9.17) is 14.6 Å². The standard InChI is InChI=1S/C25H33N5O5/c1-6-25(4,5)35-24(33)29-12-10-16(11-13-29)19-14-20(31)27-22-21-17(26-23(32)34-15(2)3)8-7-9-18(21)28-30(19)22/h7-9,14-16H,6,10-13H2,1-5H3,(H,26,32)(H,27,31). The number of carbonyl (C=O) groups excluding carboxylic acids is 2. The van der Waals surface area contributed by atoms with E-state index in [-0.39, 0.29) is 23.7 Å². The van der Waals surface area contributed by atoms with Crippen LogP contribution in [0, 0.1) is 0 Å². The van der Waals surface area contributed by atoms with Gasteiger partial charge >= 0.3 is 12.2 Å². The summed E-state index contributed by atoms with van der Waals surface area (Å²) in [7, 11) is 0. The van der Waals surface area contributed by atoms with Gasteiger partial charge in [-0.1, -0.05) is 13.0 Å². The second-order valence-electron chi connectivity index (χ2n) is 9.84. The van der Waals surface area contributed by atoms with E-state index < -0.39 is 11.7 Å². The average molecular weight is 484 g/mol. The van der Waals surface area contributed by atoms with Crippen molar-refractivity contribution in [2.45, 2.75) is 71.5 Å². The number of piperidine rings is 1. The number of hydrogen-bond acceptors (Lipinski definition) is 6. The zero-order valence-corrected chi connectivity index (χ0v) is 20.9. The van der Waals surface area contributed by atoms with Crippen molar-refractivity contribution in [1.82, 2.24) is 19.5 Å². The van der Waals surface area contributed by atoms with Crippen molar-refractivity contribution >= 4 is 34.4 Å². The molecule has 1 aliphatic rings. The van der Waals surface area contributed by atoms with Crippen LogP contribution in [0.5, 0.6) is 0 Å².